The predicted octanol–water partition coefficient (Wildman–Crippen LogP) is 4.41. The first-order valence-electron chi connectivity index (χ1n) is 8.33. The van der Waals surface area contributed by atoms with Crippen LogP contribution in [0.5, 0.6) is 0 Å². The molecule has 0 saturated heterocycles. The van der Waals surface area contributed by atoms with E-state index in [1.165, 1.54) is 11.2 Å². The van der Waals surface area contributed by atoms with Gasteiger partial charge in [-0.15, -0.1) is 0 Å². The summed E-state index contributed by atoms with van der Waals surface area (Å²) < 4.78 is 29.0. The van der Waals surface area contributed by atoms with E-state index in [0.29, 0.717) is 12.0 Å². The molecule has 2 aromatic carbocycles. The summed E-state index contributed by atoms with van der Waals surface area (Å²) in [6, 6.07) is 14.1. The number of hydrogen-bond donors (Lipinski definition) is 0. The van der Waals surface area contributed by atoms with Crippen LogP contribution in [-0.4, -0.2) is 25.1 Å². The summed E-state index contributed by atoms with van der Waals surface area (Å²) in [5.74, 6) is -0.0941. The molecule has 3 rings (SSSR count). The van der Waals surface area contributed by atoms with Gasteiger partial charge in [0.05, 0.1) is 10.9 Å². The van der Waals surface area contributed by atoms with E-state index >= 15 is 0 Å². The number of Topliss-reactive ketones (excluding diaryl/α,β-unsaturated/α-hetero) is 1. The van der Waals surface area contributed by atoms with Gasteiger partial charge in [0.25, 0.3) is 0 Å². The third-order valence-corrected chi connectivity index (χ3v) is 6.99. The van der Waals surface area contributed by atoms with Gasteiger partial charge >= 0.3 is 0 Å². The first-order valence-corrected chi connectivity index (χ1v) is 10.6. The van der Waals surface area contributed by atoms with E-state index in [1.807, 2.05) is 37.3 Å². The van der Waals surface area contributed by atoms with Gasteiger partial charge in [0, 0.05) is 16.6 Å². The summed E-state index contributed by atoms with van der Waals surface area (Å²) in [6.07, 6.45) is 2.33. The van der Waals surface area contributed by atoms with Gasteiger partial charge in [-0.2, -0.15) is 4.31 Å². The first kappa shape index (κ1) is 19.0. The molecule has 0 spiro atoms. The van der Waals surface area contributed by atoms with Gasteiger partial charge in [-0.3, -0.25) is 4.79 Å². The number of aryl methyl sites for hydroxylation is 1. The van der Waals surface area contributed by atoms with Crippen molar-refractivity contribution in [2.24, 2.45) is 0 Å². The van der Waals surface area contributed by atoms with Crippen LogP contribution in [0.3, 0.4) is 0 Å². The van der Waals surface area contributed by atoms with Crippen molar-refractivity contribution >= 4 is 31.7 Å². The summed E-state index contributed by atoms with van der Waals surface area (Å²) in [7, 11) is -3.72. The molecule has 26 heavy (non-hydrogen) atoms. The molecule has 1 unspecified atom stereocenters. The molecule has 0 bridgehead atoms. The molecule has 6 heteroatoms. The Kier molecular flexibility index (Phi) is 5.46. The van der Waals surface area contributed by atoms with Crippen LogP contribution in [0.1, 0.15) is 30.5 Å². The van der Waals surface area contributed by atoms with Gasteiger partial charge in [0.2, 0.25) is 10.0 Å². The number of sulfonamides is 1. The van der Waals surface area contributed by atoms with Gasteiger partial charge in [-0.1, -0.05) is 51.8 Å². The molecule has 1 heterocycles. The predicted molar refractivity (Wildman–Crippen MR) is 105 cm³/mol. The maximum atomic E-state index is 13.3. The number of rotatable bonds is 4. The first-order chi connectivity index (χ1) is 12.3. The monoisotopic (exact) mass is 433 g/mol. The minimum Gasteiger partial charge on any atom is -0.295 e. The third-order valence-electron chi connectivity index (χ3n) is 4.60. The molecule has 0 amide bonds. The van der Waals surface area contributed by atoms with Crippen LogP contribution >= 0.6 is 15.9 Å². The second-order valence-electron chi connectivity index (χ2n) is 6.45. The molecular weight excluding hydrogens is 414 g/mol. The van der Waals surface area contributed by atoms with Crippen molar-refractivity contribution in [2.45, 2.75) is 31.2 Å². The van der Waals surface area contributed by atoms with Crippen molar-refractivity contribution in [3.8, 4) is 0 Å². The Morgan fingerprint density at radius 2 is 1.69 bits per heavy atom. The number of carbonyl (C=O) groups excluding carboxylic acids is 1. The van der Waals surface area contributed by atoms with Gasteiger partial charge in [0.1, 0.15) is 0 Å². The summed E-state index contributed by atoms with van der Waals surface area (Å²) >= 11 is 3.41. The van der Waals surface area contributed by atoms with Crippen molar-refractivity contribution in [1.29, 1.82) is 0 Å². The molecule has 1 aliphatic heterocycles. The topological polar surface area (TPSA) is 54.5 Å². The van der Waals surface area contributed by atoms with Crippen molar-refractivity contribution in [1.82, 2.24) is 4.31 Å². The van der Waals surface area contributed by atoms with E-state index in [4.69, 9.17) is 0 Å². The Labute approximate surface area is 162 Å². The molecular formula is C20H20BrNO3S. The van der Waals surface area contributed by atoms with Crippen LogP contribution in [0.4, 0.5) is 0 Å². The van der Waals surface area contributed by atoms with E-state index in [9.17, 15) is 13.2 Å². The second kappa shape index (κ2) is 7.47. The zero-order valence-corrected chi connectivity index (χ0v) is 17.0. The molecule has 0 saturated carbocycles. The Morgan fingerprint density at radius 3 is 2.27 bits per heavy atom. The molecule has 136 valence electrons. The zero-order chi connectivity index (χ0) is 18.9. The standard InChI is InChI=1S/C20H20BrNO3S/c1-14-3-10-19(11-4-14)26(24,25)22-13-17(15(2)23)7-12-20(22)16-5-8-18(21)9-6-16/h3-11,20H,12-13H2,1-2H3. The second-order valence-corrected chi connectivity index (χ2v) is 9.26. The Morgan fingerprint density at radius 1 is 1.08 bits per heavy atom. The molecule has 0 fully saturated rings. The van der Waals surface area contributed by atoms with Crippen LogP contribution in [0.2, 0.25) is 0 Å². The number of carbonyl (C=O) groups is 1. The number of hydrogen-bond acceptors (Lipinski definition) is 3. The molecule has 0 aliphatic carbocycles. The highest BCUT2D eigenvalue weighted by Crippen LogP contribution is 2.35. The van der Waals surface area contributed by atoms with E-state index in [2.05, 4.69) is 15.9 Å². The molecule has 4 nitrogen and oxygen atoms in total. The van der Waals surface area contributed by atoms with Crippen LogP contribution in [0.15, 0.2) is 69.5 Å². The zero-order valence-electron chi connectivity index (χ0n) is 14.6. The minimum atomic E-state index is -3.72. The molecule has 1 aliphatic rings. The lowest BCUT2D eigenvalue weighted by Gasteiger charge is -2.34. The maximum Gasteiger partial charge on any atom is 0.243 e. The summed E-state index contributed by atoms with van der Waals surface area (Å²) in [5.41, 5.74) is 2.44. The van der Waals surface area contributed by atoms with E-state index < -0.39 is 10.0 Å². The third kappa shape index (κ3) is 3.82. The van der Waals surface area contributed by atoms with Crippen molar-refractivity contribution in [3.05, 3.63) is 75.8 Å². The van der Waals surface area contributed by atoms with Crippen LogP contribution in [-0.2, 0) is 14.8 Å². The highest BCUT2D eigenvalue weighted by atomic mass is 79.9. The largest absolute Gasteiger partial charge is 0.295 e. The van der Waals surface area contributed by atoms with Crippen LogP contribution in [0.25, 0.3) is 0 Å². The average molecular weight is 434 g/mol. The van der Waals surface area contributed by atoms with Crippen molar-refractivity contribution < 1.29 is 13.2 Å². The lowest BCUT2D eigenvalue weighted by atomic mass is 9.97. The summed E-state index contributed by atoms with van der Waals surface area (Å²) in [5, 5.41) is 0. The van der Waals surface area contributed by atoms with Crippen LogP contribution in [0, 0.1) is 6.92 Å². The number of benzene rings is 2. The normalized spacial score (nSPS) is 18.4. The molecule has 0 radical (unpaired) electrons. The lowest BCUT2D eigenvalue weighted by molar-refractivity contribution is -0.113. The molecule has 1 atom stereocenters. The van der Waals surface area contributed by atoms with Gasteiger partial charge < -0.3 is 0 Å². The fourth-order valence-electron chi connectivity index (χ4n) is 3.05. The Hall–Kier alpha value is -1.76. The van der Waals surface area contributed by atoms with Gasteiger partial charge in [-0.05, 0) is 50.1 Å². The van der Waals surface area contributed by atoms with Crippen molar-refractivity contribution in [3.63, 3.8) is 0 Å². The lowest BCUT2D eigenvalue weighted by Crippen LogP contribution is -2.39. The van der Waals surface area contributed by atoms with E-state index in [1.54, 1.807) is 24.3 Å². The Balaban J connectivity index is 2.06. The average Bonchev–Trinajstić information content (AvgIpc) is 2.62. The highest BCUT2D eigenvalue weighted by molar-refractivity contribution is 9.10. The van der Waals surface area contributed by atoms with Gasteiger partial charge in [-0.25, -0.2) is 8.42 Å². The van der Waals surface area contributed by atoms with Crippen molar-refractivity contribution in [2.75, 3.05) is 6.54 Å². The molecule has 0 N–H and O–H groups in total. The number of nitrogens with zero attached hydrogens (tertiary/aromatic N) is 1. The minimum absolute atomic E-state index is 0.0896. The number of halogens is 1. The quantitative estimate of drug-likeness (QED) is 0.717. The smallest absolute Gasteiger partial charge is 0.243 e. The number of ketones is 1. The summed E-state index contributed by atoms with van der Waals surface area (Å²) in [6.45, 7) is 3.48. The van der Waals surface area contributed by atoms with Crippen LogP contribution < -0.4 is 0 Å². The highest BCUT2D eigenvalue weighted by Gasteiger charge is 2.35. The maximum absolute atomic E-state index is 13.3. The van der Waals surface area contributed by atoms with E-state index in [0.717, 1.165) is 15.6 Å². The SMILES string of the molecule is CC(=O)C1=CCC(c2ccc(Br)cc2)N(S(=O)(=O)c2ccc(C)cc2)C1. The Bertz CT molecular complexity index is 948. The van der Waals surface area contributed by atoms with E-state index in [-0.39, 0.29) is 23.3 Å². The molecule has 2 aromatic rings. The summed E-state index contributed by atoms with van der Waals surface area (Å²) in [4.78, 5) is 12.1. The fraction of sp³-hybridized carbons (Fsp3) is 0.250. The molecule has 0 aromatic heterocycles. The van der Waals surface area contributed by atoms with Gasteiger partial charge in [0.15, 0.2) is 5.78 Å². The fourth-order valence-corrected chi connectivity index (χ4v) is 4.92.